The van der Waals surface area contributed by atoms with Crippen LogP contribution in [-0.4, -0.2) is 0 Å². The van der Waals surface area contributed by atoms with Gasteiger partial charge in [-0.2, -0.15) is 0 Å². The van der Waals surface area contributed by atoms with Crippen molar-refractivity contribution < 1.29 is 0 Å². The van der Waals surface area contributed by atoms with E-state index < -0.39 is 0 Å². The zero-order valence-corrected chi connectivity index (χ0v) is 12.7. The van der Waals surface area contributed by atoms with E-state index in [1.165, 1.54) is 41.0 Å². The molecule has 0 saturated heterocycles. The highest BCUT2D eigenvalue weighted by atomic mass is 35.5. The average Bonchev–Trinajstić information content (AvgIpc) is 2.80. The molecule has 19 heavy (non-hydrogen) atoms. The van der Waals surface area contributed by atoms with Crippen LogP contribution in [-0.2, 0) is 12.8 Å². The molecule has 100 valence electrons. The van der Waals surface area contributed by atoms with E-state index in [2.05, 4.69) is 42.6 Å². The molecular weight excluding hydrogens is 274 g/mol. The van der Waals surface area contributed by atoms with Crippen LogP contribution in [0, 0.1) is 0 Å². The van der Waals surface area contributed by atoms with Crippen LogP contribution in [0.15, 0.2) is 30.3 Å². The Kier molecular flexibility index (Phi) is 3.81. The van der Waals surface area contributed by atoms with Crippen molar-refractivity contribution in [2.24, 2.45) is 0 Å². The summed E-state index contributed by atoms with van der Waals surface area (Å²) in [4.78, 5) is 1.46. The van der Waals surface area contributed by atoms with E-state index in [1.54, 1.807) is 11.3 Å². The molecule has 0 bridgehead atoms. The largest absolute Gasteiger partial charge is 0.378 e. The van der Waals surface area contributed by atoms with E-state index in [0.29, 0.717) is 6.04 Å². The second-order valence-corrected chi connectivity index (χ2v) is 6.84. The zero-order chi connectivity index (χ0) is 13.2. The van der Waals surface area contributed by atoms with Crippen molar-refractivity contribution in [1.29, 1.82) is 0 Å². The molecule has 1 unspecified atom stereocenters. The fraction of sp³-hybridized carbons (Fsp3) is 0.375. The summed E-state index contributed by atoms with van der Waals surface area (Å²) in [6.45, 7) is 2.19. The summed E-state index contributed by atoms with van der Waals surface area (Å²) in [7, 11) is 0. The third kappa shape index (κ3) is 2.80. The minimum atomic E-state index is 0.416. The molecule has 1 heterocycles. The smallest absolute Gasteiger partial charge is 0.0934 e. The molecule has 1 aliphatic rings. The molecule has 3 rings (SSSR count). The maximum Gasteiger partial charge on any atom is 0.0934 e. The van der Waals surface area contributed by atoms with Gasteiger partial charge in [0.1, 0.15) is 0 Å². The van der Waals surface area contributed by atoms with Gasteiger partial charge in [0, 0.05) is 10.6 Å². The van der Waals surface area contributed by atoms with Crippen molar-refractivity contribution in [3.05, 3.63) is 50.7 Å². The Morgan fingerprint density at radius 3 is 3.11 bits per heavy atom. The highest BCUT2D eigenvalue weighted by Gasteiger charge is 2.22. The number of thiophene rings is 1. The lowest BCUT2D eigenvalue weighted by Gasteiger charge is -2.24. The van der Waals surface area contributed by atoms with E-state index in [9.17, 15) is 0 Å². The lowest BCUT2D eigenvalue weighted by molar-refractivity contribution is 0.609. The minimum absolute atomic E-state index is 0.416. The van der Waals surface area contributed by atoms with Crippen LogP contribution < -0.4 is 5.32 Å². The van der Waals surface area contributed by atoms with E-state index in [-0.39, 0.29) is 0 Å². The maximum atomic E-state index is 6.16. The molecule has 1 N–H and O–H groups in total. The van der Waals surface area contributed by atoms with Gasteiger partial charge in [-0.05, 0) is 55.0 Å². The molecule has 1 aliphatic carbocycles. The fourth-order valence-corrected chi connectivity index (χ4v) is 4.14. The Bertz CT molecular complexity index is 576. The topological polar surface area (TPSA) is 12.0 Å². The van der Waals surface area contributed by atoms with Crippen LogP contribution in [0.1, 0.15) is 41.8 Å². The van der Waals surface area contributed by atoms with E-state index in [0.717, 1.165) is 10.8 Å². The van der Waals surface area contributed by atoms with Crippen molar-refractivity contribution in [2.75, 3.05) is 5.32 Å². The van der Waals surface area contributed by atoms with Crippen LogP contribution in [0.25, 0.3) is 0 Å². The number of anilines is 1. The Labute approximate surface area is 123 Å². The Balaban J connectivity index is 1.83. The number of hydrogen-bond acceptors (Lipinski definition) is 2. The molecule has 0 amide bonds. The van der Waals surface area contributed by atoms with Gasteiger partial charge in [-0.25, -0.2) is 0 Å². The van der Waals surface area contributed by atoms with Crippen LogP contribution in [0.3, 0.4) is 0 Å². The summed E-state index contributed by atoms with van der Waals surface area (Å²) in [5, 5.41) is 3.67. The van der Waals surface area contributed by atoms with Gasteiger partial charge in [0.05, 0.1) is 10.4 Å². The van der Waals surface area contributed by atoms with Crippen molar-refractivity contribution >= 4 is 28.6 Å². The normalized spacial score (nSPS) is 18.1. The number of fused-ring (bicyclic) bond motifs is 1. The third-order valence-corrected chi connectivity index (χ3v) is 5.10. The summed E-state index contributed by atoms with van der Waals surface area (Å²) >= 11 is 7.90. The SMILES string of the molecule is CCc1cccc(NC2CCCc3sc(Cl)cc32)c1. The van der Waals surface area contributed by atoms with Gasteiger partial charge in [0.15, 0.2) is 0 Å². The summed E-state index contributed by atoms with van der Waals surface area (Å²) in [5.74, 6) is 0. The van der Waals surface area contributed by atoms with Crippen LogP contribution in [0.2, 0.25) is 4.34 Å². The first-order chi connectivity index (χ1) is 9.26. The highest BCUT2D eigenvalue weighted by Crippen LogP contribution is 2.39. The number of benzene rings is 1. The molecule has 1 aromatic carbocycles. The maximum absolute atomic E-state index is 6.16. The molecule has 1 nitrogen and oxygen atoms in total. The lowest BCUT2D eigenvalue weighted by Crippen LogP contribution is -2.15. The Morgan fingerprint density at radius 2 is 2.26 bits per heavy atom. The van der Waals surface area contributed by atoms with Gasteiger partial charge < -0.3 is 5.32 Å². The molecular formula is C16H18ClNS. The van der Waals surface area contributed by atoms with Gasteiger partial charge in [0.25, 0.3) is 0 Å². The number of rotatable bonds is 3. The second kappa shape index (κ2) is 5.56. The van der Waals surface area contributed by atoms with E-state index >= 15 is 0 Å². The highest BCUT2D eigenvalue weighted by molar-refractivity contribution is 7.16. The Hall–Kier alpha value is -0.990. The Morgan fingerprint density at radius 1 is 1.37 bits per heavy atom. The van der Waals surface area contributed by atoms with Crippen LogP contribution in [0.4, 0.5) is 5.69 Å². The number of halogens is 1. The molecule has 0 saturated carbocycles. The first-order valence-corrected chi connectivity index (χ1v) is 8.09. The number of hydrogen-bond donors (Lipinski definition) is 1. The van der Waals surface area contributed by atoms with Gasteiger partial charge in [-0.1, -0.05) is 30.7 Å². The zero-order valence-electron chi connectivity index (χ0n) is 11.1. The monoisotopic (exact) mass is 291 g/mol. The quantitative estimate of drug-likeness (QED) is 0.792. The molecule has 0 aliphatic heterocycles. The summed E-state index contributed by atoms with van der Waals surface area (Å²) in [6.07, 6.45) is 4.70. The second-order valence-electron chi connectivity index (χ2n) is 5.07. The molecule has 0 fully saturated rings. The van der Waals surface area contributed by atoms with Crippen LogP contribution >= 0.6 is 22.9 Å². The van der Waals surface area contributed by atoms with Crippen molar-refractivity contribution in [3.63, 3.8) is 0 Å². The summed E-state index contributed by atoms with van der Waals surface area (Å²) in [6, 6.07) is 11.3. The molecule has 0 spiro atoms. The summed E-state index contributed by atoms with van der Waals surface area (Å²) in [5.41, 5.74) is 4.01. The predicted molar refractivity (Wildman–Crippen MR) is 84.5 cm³/mol. The predicted octanol–water partition coefficient (Wildman–Crippen LogP) is 5.45. The molecule has 0 radical (unpaired) electrons. The minimum Gasteiger partial charge on any atom is -0.378 e. The lowest BCUT2D eigenvalue weighted by atomic mass is 9.94. The van der Waals surface area contributed by atoms with Gasteiger partial charge in [0.2, 0.25) is 0 Å². The van der Waals surface area contributed by atoms with E-state index in [4.69, 9.17) is 11.6 Å². The molecule has 2 aromatic rings. The standard InChI is InChI=1S/C16H18ClNS/c1-2-11-5-3-6-12(9-11)18-14-7-4-8-15-13(14)10-16(17)19-15/h3,5-6,9-10,14,18H,2,4,7-8H2,1H3. The number of nitrogens with one attached hydrogen (secondary N) is 1. The molecule has 1 atom stereocenters. The first-order valence-electron chi connectivity index (χ1n) is 6.90. The van der Waals surface area contributed by atoms with Gasteiger partial charge in [-0.3, -0.25) is 0 Å². The first kappa shape index (κ1) is 13.0. The molecule has 1 aromatic heterocycles. The van der Waals surface area contributed by atoms with Crippen molar-refractivity contribution in [2.45, 2.75) is 38.6 Å². The van der Waals surface area contributed by atoms with Gasteiger partial charge >= 0.3 is 0 Å². The average molecular weight is 292 g/mol. The molecule has 3 heteroatoms. The van der Waals surface area contributed by atoms with Crippen molar-refractivity contribution in [3.8, 4) is 0 Å². The van der Waals surface area contributed by atoms with Crippen molar-refractivity contribution in [1.82, 2.24) is 0 Å². The van der Waals surface area contributed by atoms with Gasteiger partial charge in [-0.15, -0.1) is 11.3 Å². The number of aryl methyl sites for hydroxylation is 2. The van der Waals surface area contributed by atoms with E-state index in [1.807, 2.05) is 0 Å². The van der Waals surface area contributed by atoms with Crippen LogP contribution in [0.5, 0.6) is 0 Å². The third-order valence-electron chi connectivity index (χ3n) is 3.76. The fourth-order valence-electron chi connectivity index (χ4n) is 2.75. The summed E-state index contributed by atoms with van der Waals surface area (Å²) < 4.78 is 0.918.